The van der Waals surface area contributed by atoms with Gasteiger partial charge in [-0.25, -0.2) is 0 Å². The number of hydrogen-bond donors (Lipinski definition) is 1. The highest BCUT2D eigenvalue weighted by Crippen LogP contribution is 2.52. The normalized spacial score (nSPS) is 26.8. The minimum absolute atomic E-state index is 0.107. The number of likely N-dealkylation sites (tertiary alicyclic amines) is 1. The molecule has 0 aliphatic carbocycles. The molecule has 2 aromatic carbocycles. The van der Waals surface area contributed by atoms with Crippen molar-refractivity contribution in [3.8, 4) is 28.7 Å². The van der Waals surface area contributed by atoms with Gasteiger partial charge in [-0.15, -0.1) is 0 Å². The lowest BCUT2D eigenvalue weighted by Gasteiger charge is -2.24. The van der Waals surface area contributed by atoms with Gasteiger partial charge in [-0.2, -0.15) is 0 Å². The summed E-state index contributed by atoms with van der Waals surface area (Å²) in [4.78, 5) is 28.8. The molecule has 4 atom stereocenters. The number of fused-ring (bicyclic) bond motifs is 2. The minimum atomic E-state index is -0.810. The van der Waals surface area contributed by atoms with Crippen molar-refractivity contribution in [2.75, 3.05) is 40.0 Å². The molecule has 2 bridgehead atoms. The third kappa shape index (κ3) is 3.35. The second-order valence-electron chi connectivity index (χ2n) is 9.19. The molecule has 10 nitrogen and oxygen atoms in total. The molecule has 10 heteroatoms. The van der Waals surface area contributed by atoms with Crippen molar-refractivity contribution in [3.63, 3.8) is 0 Å². The molecule has 2 aromatic rings. The average molecular weight is 495 g/mol. The van der Waals surface area contributed by atoms with Crippen molar-refractivity contribution in [2.45, 2.75) is 18.2 Å². The number of carbonyl (C=O) groups excluding carboxylic acids is 2. The Kier molecular flexibility index (Phi) is 5.22. The van der Waals surface area contributed by atoms with Gasteiger partial charge in [-0.05, 0) is 17.7 Å². The van der Waals surface area contributed by atoms with Gasteiger partial charge in [-0.3, -0.25) is 9.59 Å². The van der Waals surface area contributed by atoms with Gasteiger partial charge in [0.15, 0.2) is 23.0 Å². The molecular formula is C26H26N2O8. The van der Waals surface area contributed by atoms with Crippen molar-refractivity contribution >= 4 is 17.5 Å². The van der Waals surface area contributed by atoms with Crippen LogP contribution >= 0.6 is 0 Å². The number of rotatable bonds is 7. The van der Waals surface area contributed by atoms with Gasteiger partial charge in [0.25, 0.3) is 0 Å². The minimum Gasteiger partial charge on any atom is -0.493 e. The molecule has 4 aliphatic heterocycles. The van der Waals surface area contributed by atoms with E-state index in [1.165, 1.54) is 21.3 Å². The maximum atomic E-state index is 13.6. The van der Waals surface area contributed by atoms with Crippen LogP contribution in [0.25, 0.3) is 0 Å². The Balaban J connectivity index is 1.23. The third-order valence-corrected chi connectivity index (χ3v) is 7.22. The highest BCUT2D eigenvalue weighted by atomic mass is 16.7. The third-order valence-electron chi connectivity index (χ3n) is 7.22. The fourth-order valence-electron chi connectivity index (χ4n) is 5.65. The predicted octanol–water partition coefficient (Wildman–Crippen LogP) is 2.36. The van der Waals surface area contributed by atoms with Crippen molar-refractivity contribution in [3.05, 3.63) is 48.0 Å². The van der Waals surface area contributed by atoms with Crippen LogP contribution in [0.3, 0.4) is 0 Å². The molecule has 0 radical (unpaired) electrons. The lowest BCUT2D eigenvalue weighted by Crippen LogP contribution is -2.41. The van der Waals surface area contributed by atoms with Gasteiger partial charge in [0.1, 0.15) is 5.60 Å². The summed E-state index contributed by atoms with van der Waals surface area (Å²) >= 11 is 0. The molecule has 1 spiro atoms. The Labute approximate surface area is 207 Å². The lowest BCUT2D eigenvalue weighted by molar-refractivity contribution is -0.136. The summed E-state index contributed by atoms with van der Waals surface area (Å²) < 4.78 is 33.2. The van der Waals surface area contributed by atoms with E-state index in [9.17, 15) is 9.59 Å². The molecular weight excluding hydrogens is 468 g/mol. The van der Waals surface area contributed by atoms with E-state index < -0.39 is 23.5 Å². The Hall–Kier alpha value is -3.92. The molecule has 6 rings (SSSR count). The van der Waals surface area contributed by atoms with Crippen LogP contribution in [0.5, 0.6) is 28.7 Å². The Bertz CT molecular complexity index is 1250. The largest absolute Gasteiger partial charge is 0.493 e. The zero-order valence-corrected chi connectivity index (χ0v) is 20.1. The van der Waals surface area contributed by atoms with E-state index in [1.54, 1.807) is 17.0 Å². The van der Waals surface area contributed by atoms with E-state index in [2.05, 4.69) is 5.32 Å². The van der Waals surface area contributed by atoms with Crippen LogP contribution in [0.2, 0.25) is 0 Å². The predicted molar refractivity (Wildman–Crippen MR) is 126 cm³/mol. The van der Waals surface area contributed by atoms with E-state index in [4.69, 9.17) is 28.4 Å². The van der Waals surface area contributed by atoms with Crippen molar-refractivity contribution < 1.29 is 38.0 Å². The number of ether oxygens (including phenoxy) is 6. The summed E-state index contributed by atoms with van der Waals surface area (Å²) in [6, 6.07) is 8.94. The van der Waals surface area contributed by atoms with Crippen molar-refractivity contribution in [1.82, 2.24) is 4.90 Å². The molecule has 2 fully saturated rings. The molecule has 36 heavy (non-hydrogen) atoms. The number of hydrogen-bond acceptors (Lipinski definition) is 8. The average Bonchev–Trinajstić information content (AvgIpc) is 3.64. The zero-order chi connectivity index (χ0) is 25.0. The van der Waals surface area contributed by atoms with E-state index in [0.29, 0.717) is 47.5 Å². The number of carbonyl (C=O) groups is 2. The topological polar surface area (TPSA) is 105 Å². The van der Waals surface area contributed by atoms with Crippen LogP contribution in [-0.2, 0) is 20.9 Å². The summed E-state index contributed by atoms with van der Waals surface area (Å²) in [7, 11) is 4.53. The van der Waals surface area contributed by atoms with Crippen LogP contribution < -0.4 is 29.0 Å². The van der Waals surface area contributed by atoms with E-state index in [-0.39, 0.29) is 18.6 Å². The van der Waals surface area contributed by atoms with Crippen LogP contribution in [0.15, 0.2) is 42.5 Å². The molecule has 1 N–H and O–H groups in total. The highest BCUT2D eigenvalue weighted by molar-refractivity contribution is 5.99. The van der Waals surface area contributed by atoms with Crippen LogP contribution in [-0.4, -0.2) is 63.1 Å². The fourth-order valence-corrected chi connectivity index (χ4v) is 5.65. The first kappa shape index (κ1) is 22.5. The number of methoxy groups -OCH3 is 3. The molecule has 188 valence electrons. The van der Waals surface area contributed by atoms with E-state index >= 15 is 0 Å². The maximum Gasteiger partial charge on any atom is 0.231 e. The Morgan fingerprint density at radius 3 is 2.56 bits per heavy atom. The highest BCUT2D eigenvalue weighted by Gasteiger charge is 2.66. The Morgan fingerprint density at radius 1 is 1.08 bits per heavy atom. The smallest absolute Gasteiger partial charge is 0.231 e. The number of amides is 2. The number of nitrogens with zero attached hydrogens (tertiary/aromatic N) is 1. The van der Waals surface area contributed by atoms with E-state index in [0.717, 1.165) is 5.56 Å². The lowest BCUT2D eigenvalue weighted by atomic mass is 9.77. The maximum absolute atomic E-state index is 13.6. The Morgan fingerprint density at radius 2 is 1.83 bits per heavy atom. The standard InChI is InChI=1S/C26H26N2O8/c1-31-19-9-15(10-20(32-2)23(19)33-3)27-24(29)21-17-6-7-26(36-17)12-28(25(30)22(21)26)11-14-4-5-16-18(8-14)35-13-34-16/h4-10,17,21-22H,11-13H2,1-3H3,(H,27,29)/t17?,21?,22?,26-/m0/s1. The van der Waals surface area contributed by atoms with E-state index in [1.807, 2.05) is 30.4 Å². The van der Waals surface area contributed by atoms with Crippen molar-refractivity contribution in [2.24, 2.45) is 11.8 Å². The fraction of sp³-hybridized carbons (Fsp3) is 0.385. The van der Waals surface area contributed by atoms with Gasteiger partial charge in [-0.1, -0.05) is 18.2 Å². The summed E-state index contributed by atoms with van der Waals surface area (Å²) in [5, 5.41) is 2.92. The van der Waals surface area contributed by atoms with Crippen LogP contribution in [0, 0.1) is 11.8 Å². The SMILES string of the molecule is COc1cc(NC(=O)C2C3C=C[C@@]4(CN(Cc5ccc6c(c5)OCO6)C(=O)C24)O3)cc(OC)c1OC. The quantitative estimate of drug-likeness (QED) is 0.585. The number of nitrogens with one attached hydrogen (secondary N) is 1. The number of anilines is 1. The zero-order valence-electron chi connectivity index (χ0n) is 20.1. The monoisotopic (exact) mass is 494 g/mol. The molecule has 3 unspecified atom stereocenters. The molecule has 4 aliphatic rings. The van der Waals surface area contributed by atoms with Gasteiger partial charge < -0.3 is 38.6 Å². The van der Waals surface area contributed by atoms with Gasteiger partial charge in [0.05, 0.1) is 45.8 Å². The van der Waals surface area contributed by atoms with Gasteiger partial charge in [0.2, 0.25) is 24.4 Å². The summed E-state index contributed by atoms with van der Waals surface area (Å²) in [5.41, 5.74) is 0.578. The summed E-state index contributed by atoms with van der Waals surface area (Å²) in [6.07, 6.45) is 3.35. The molecule has 0 aromatic heterocycles. The first-order valence-corrected chi connectivity index (χ1v) is 11.6. The molecule has 0 saturated carbocycles. The molecule has 2 saturated heterocycles. The molecule has 4 heterocycles. The van der Waals surface area contributed by atoms with Crippen LogP contribution in [0.1, 0.15) is 5.56 Å². The first-order chi connectivity index (χ1) is 17.5. The van der Waals surface area contributed by atoms with Gasteiger partial charge >= 0.3 is 0 Å². The molecule has 2 amide bonds. The van der Waals surface area contributed by atoms with Crippen LogP contribution in [0.4, 0.5) is 5.69 Å². The number of benzene rings is 2. The second-order valence-corrected chi connectivity index (χ2v) is 9.19. The first-order valence-electron chi connectivity index (χ1n) is 11.6. The van der Waals surface area contributed by atoms with Gasteiger partial charge in [0, 0.05) is 24.4 Å². The van der Waals surface area contributed by atoms with Crippen molar-refractivity contribution in [1.29, 1.82) is 0 Å². The summed E-state index contributed by atoms with van der Waals surface area (Å²) in [6.45, 7) is 0.956. The second kappa shape index (κ2) is 8.34. The summed E-state index contributed by atoms with van der Waals surface area (Å²) in [5.74, 6) is 0.931.